The Labute approximate surface area is 215 Å². The molecule has 1 aromatic heterocycles. The van der Waals surface area contributed by atoms with Gasteiger partial charge in [0.25, 0.3) is 0 Å². The smallest absolute Gasteiger partial charge is 0.320 e. The summed E-state index contributed by atoms with van der Waals surface area (Å²) in [5.41, 5.74) is 3.81. The third kappa shape index (κ3) is 4.32. The van der Waals surface area contributed by atoms with Crippen LogP contribution < -0.4 is 5.73 Å². The third-order valence-corrected chi connectivity index (χ3v) is 9.25. The maximum Gasteiger partial charge on any atom is 0.320 e. The topological polar surface area (TPSA) is 184 Å². The molecule has 1 aromatic carbocycles. The predicted molar refractivity (Wildman–Crippen MR) is 125 cm³/mol. The molecular formula is C22H19Cl2N5O6S. The lowest BCUT2D eigenvalue weighted by atomic mass is 9.98. The molecule has 188 valence electrons. The fraction of sp³-hybridized carbons (Fsp3) is 0.364. The van der Waals surface area contributed by atoms with Gasteiger partial charge in [-0.3, -0.25) is 19.3 Å². The van der Waals surface area contributed by atoms with E-state index in [0.717, 1.165) is 12.4 Å². The zero-order valence-corrected chi connectivity index (χ0v) is 20.7. The number of hydrogen-bond acceptors (Lipinski definition) is 9. The van der Waals surface area contributed by atoms with Crippen molar-refractivity contribution in [1.29, 1.82) is 5.26 Å². The minimum absolute atomic E-state index is 0.0190. The normalized spacial score (nSPS) is 26.6. The van der Waals surface area contributed by atoms with E-state index in [2.05, 4.69) is 9.97 Å². The maximum atomic E-state index is 13.8. The van der Waals surface area contributed by atoms with Crippen LogP contribution in [0.5, 0.6) is 0 Å². The first-order chi connectivity index (χ1) is 16.9. The van der Waals surface area contributed by atoms with E-state index in [0.29, 0.717) is 0 Å². The van der Waals surface area contributed by atoms with Crippen LogP contribution in [-0.2, 0) is 24.2 Å². The number of nitrogens with two attached hydrogens (primary N) is 1. The van der Waals surface area contributed by atoms with Gasteiger partial charge in [-0.25, -0.2) is 18.4 Å². The number of carboxylic acid groups (broad SMARTS) is 1. The molecule has 1 amide bonds. The van der Waals surface area contributed by atoms with Crippen molar-refractivity contribution >= 4 is 50.7 Å². The second-order valence-electron chi connectivity index (χ2n) is 8.67. The molecule has 1 aliphatic heterocycles. The number of rotatable bonds is 8. The Kier molecular flexibility index (Phi) is 6.78. The lowest BCUT2D eigenvalue weighted by Gasteiger charge is -2.22. The van der Waals surface area contributed by atoms with Gasteiger partial charge in [0.15, 0.2) is 32.1 Å². The van der Waals surface area contributed by atoms with Gasteiger partial charge in [0.05, 0.1) is 21.0 Å². The van der Waals surface area contributed by atoms with Crippen LogP contribution in [0, 0.1) is 22.7 Å². The number of ketones is 1. The van der Waals surface area contributed by atoms with Gasteiger partial charge < -0.3 is 10.8 Å². The quantitative estimate of drug-likeness (QED) is 0.485. The molecule has 14 heteroatoms. The molecule has 3 unspecified atom stereocenters. The summed E-state index contributed by atoms with van der Waals surface area (Å²) in [5, 5.41) is 17.3. The molecule has 4 rings (SSSR count). The van der Waals surface area contributed by atoms with Crippen LogP contribution >= 0.6 is 23.2 Å². The minimum Gasteiger partial charge on any atom is -0.480 e. The van der Waals surface area contributed by atoms with Gasteiger partial charge in [-0.05, 0) is 25.0 Å². The molecule has 1 saturated heterocycles. The Bertz CT molecular complexity index is 1400. The molecule has 2 aromatic rings. The number of Topliss-reactive ketones (excluding diaryl/α,β-unsaturated/α-hetero) is 1. The number of carbonyl (C=O) groups is 3. The molecule has 2 fully saturated rings. The molecule has 3 N–H and O–H groups in total. The molecule has 2 aliphatic rings. The van der Waals surface area contributed by atoms with Crippen molar-refractivity contribution in [2.45, 2.75) is 35.1 Å². The summed E-state index contributed by atoms with van der Waals surface area (Å²) in [5.74, 6) is -4.43. The Balaban J connectivity index is 1.73. The number of likely N-dealkylation sites (tertiary alicyclic amines) is 1. The standard InChI is InChI=1S/C22H19Cl2N5O6S/c23-12-7-27-19(28-8-12)18(36(34,35)15-4-2-1-3-13(15)24)17(30)11-5-14(20(31)32)29(9-11)16-6-22(16,10-25)21(26)33/h1-4,7-8,11,14,16,18H,5-6,9H2,(H2,26,33)(H,31,32)/t11-,14+,16?,18?,22?/m1/s1. The highest BCUT2D eigenvalue weighted by molar-refractivity contribution is 7.92. The number of carbonyl (C=O) groups excluding carboxylic acids is 2. The van der Waals surface area contributed by atoms with Gasteiger partial charge in [0, 0.05) is 30.9 Å². The average Bonchev–Trinajstić information content (AvgIpc) is 3.42. The number of aromatic nitrogens is 2. The molecule has 0 bridgehead atoms. The van der Waals surface area contributed by atoms with Crippen molar-refractivity contribution in [3.05, 3.63) is 52.5 Å². The Morgan fingerprint density at radius 1 is 1.22 bits per heavy atom. The Hall–Kier alpha value is -3.11. The Morgan fingerprint density at radius 3 is 2.39 bits per heavy atom. The van der Waals surface area contributed by atoms with E-state index >= 15 is 0 Å². The van der Waals surface area contributed by atoms with Gasteiger partial charge in [0.1, 0.15) is 6.04 Å². The van der Waals surface area contributed by atoms with E-state index < -0.39 is 56.2 Å². The molecular weight excluding hydrogens is 533 g/mol. The number of halogens is 2. The summed E-state index contributed by atoms with van der Waals surface area (Å²) < 4.78 is 27.3. The first-order valence-electron chi connectivity index (χ1n) is 10.6. The number of carboxylic acids is 1. The third-order valence-electron chi connectivity index (χ3n) is 6.58. The zero-order valence-electron chi connectivity index (χ0n) is 18.4. The molecule has 5 atom stereocenters. The van der Waals surface area contributed by atoms with Crippen molar-refractivity contribution in [2.75, 3.05) is 6.54 Å². The summed E-state index contributed by atoms with van der Waals surface area (Å²) in [6, 6.07) is 5.39. The van der Waals surface area contributed by atoms with Crippen molar-refractivity contribution in [3.63, 3.8) is 0 Å². The van der Waals surface area contributed by atoms with E-state index in [4.69, 9.17) is 28.9 Å². The number of nitrogens with zero attached hydrogens (tertiary/aromatic N) is 4. The lowest BCUT2D eigenvalue weighted by molar-refractivity contribution is -0.142. The number of primary amides is 1. The van der Waals surface area contributed by atoms with Crippen LogP contribution in [0.15, 0.2) is 41.6 Å². The van der Waals surface area contributed by atoms with E-state index in [1.54, 1.807) is 0 Å². The molecule has 0 spiro atoms. The number of sulfone groups is 1. The predicted octanol–water partition coefficient (Wildman–Crippen LogP) is 1.41. The highest BCUT2D eigenvalue weighted by Gasteiger charge is 2.66. The van der Waals surface area contributed by atoms with Crippen molar-refractivity contribution in [3.8, 4) is 6.07 Å². The van der Waals surface area contributed by atoms with Gasteiger partial charge in [0.2, 0.25) is 5.91 Å². The van der Waals surface area contributed by atoms with E-state index in [-0.39, 0.29) is 40.2 Å². The number of benzene rings is 1. The molecule has 36 heavy (non-hydrogen) atoms. The highest BCUT2D eigenvalue weighted by Crippen LogP contribution is 2.52. The number of hydrogen-bond donors (Lipinski definition) is 2. The van der Waals surface area contributed by atoms with Crippen LogP contribution in [0.3, 0.4) is 0 Å². The van der Waals surface area contributed by atoms with Crippen molar-refractivity contribution < 1.29 is 27.9 Å². The summed E-state index contributed by atoms with van der Waals surface area (Å²) in [4.78, 5) is 46.6. The van der Waals surface area contributed by atoms with Gasteiger partial charge in [-0.2, -0.15) is 5.26 Å². The number of nitriles is 1. The van der Waals surface area contributed by atoms with E-state index in [1.165, 1.54) is 29.2 Å². The number of amides is 1. The number of aliphatic carboxylic acids is 1. The minimum atomic E-state index is -4.48. The lowest BCUT2D eigenvalue weighted by Crippen LogP contribution is -2.42. The molecule has 11 nitrogen and oxygen atoms in total. The van der Waals surface area contributed by atoms with Crippen LogP contribution in [0.1, 0.15) is 23.9 Å². The highest BCUT2D eigenvalue weighted by atomic mass is 35.5. The van der Waals surface area contributed by atoms with Gasteiger partial charge in [-0.1, -0.05) is 35.3 Å². The van der Waals surface area contributed by atoms with Crippen LogP contribution in [0.25, 0.3) is 0 Å². The summed E-state index contributed by atoms with van der Waals surface area (Å²) in [6.45, 7) is -0.195. The van der Waals surface area contributed by atoms with Crippen molar-refractivity contribution in [2.24, 2.45) is 17.1 Å². The summed E-state index contributed by atoms with van der Waals surface area (Å²) in [7, 11) is -4.48. The van der Waals surface area contributed by atoms with Crippen LogP contribution in [0.2, 0.25) is 10.0 Å². The SMILES string of the molecule is N#CC1(C(N)=O)CC1N1C[C@H](C(=O)C(c2ncc(Cl)cn2)S(=O)(=O)c2ccccc2Cl)C[C@H]1C(=O)O. The van der Waals surface area contributed by atoms with E-state index in [9.17, 15) is 33.2 Å². The van der Waals surface area contributed by atoms with Crippen LogP contribution in [0.4, 0.5) is 0 Å². The largest absolute Gasteiger partial charge is 0.480 e. The van der Waals surface area contributed by atoms with Crippen LogP contribution in [-0.4, -0.2) is 64.7 Å². The van der Waals surface area contributed by atoms with Crippen molar-refractivity contribution in [1.82, 2.24) is 14.9 Å². The molecule has 0 radical (unpaired) electrons. The first-order valence-corrected chi connectivity index (χ1v) is 12.9. The zero-order chi connectivity index (χ0) is 26.4. The molecule has 1 saturated carbocycles. The summed E-state index contributed by atoms with van der Waals surface area (Å²) in [6.07, 6.45) is 2.06. The maximum absolute atomic E-state index is 13.8. The molecule has 1 aliphatic carbocycles. The fourth-order valence-corrected chi connectivity index (χ4v) is 6.95. The second kappa shape index (κ2) is 9.40. The van der Waals surface area contributed by atoms with E-state index in [1.807, 2.05) is 6.07 Å². The first kappa shape index (κ1) is 26.0. The van der Waals surface area contributed by atoms with Gasteiger partial charge >= 0.3 is 5.97 Å². The second-order valence-corrected chi connectivity index (χ2v) is 11.5. The summed E-state index contributed by atoms with van der Waals surface area (Å²) >= 11 is 12.0. The van der Waals surface area contributed by atoms with Gasteiger partial charge in [-0.15, -0.1) is 0 Å². The fourth-order valence-electron chi connectivity index (χ4n) is 4.63. The average molecular weight is 552 g/mol. The Morgan fingerprint density at radius 2 is 1.86 bits per heavy atom. The monoisotopic (exact) mass is 551 g/mol. The molecule has 2 heterocycles.